The quantitative estimate of drug-likeness (QED) is 0.893. The fourth-order valence-corrected chi connectivity index (χ4v) is 2.14. The van der Waals surface area contributed by atoms with Crippen molar-refractivity contribution in [3.63, 3.8) is 0 Å². The van der Waals surface area contributed by atoms with Crippen molar-refractivity contribution >= 4 is 21.7 Å². The van der Waals surface area contributed by atoms with Crippen LogP contribution in [0.2, 0.25) is 0 Å². The molecule has 2 rings (SSSR count). The van der Waals surface area contributed by atoms with Crippen LogP contribution in [-0.4, -0.2) is 16.5 Å². The van der Waals surface area contributed by atoms with Crippen molar-refractivity contribution in [1.29, 1.82) is 0 Å². The lowest BCUT2D eigenvalue weighted by atomic mass is 10.1. The molecular formula is C15H18BrN3. The average molecular weight is 320 g/mol. The van der Waals surface area contributed by atoms with Crippen molar-refractivity contribution in [3.8, 4) is 11.3 Å². The third kappa shape index (κ3) is 3.77. The molecule has 0 aliphatic carbocycles. The third-order valence-corrected chi connectivity index (χ3v) is 3.27. The average Bonchev–Trinajstić information content (AvgIpc) is 2.40. The number of benzene rings is 1. The van der Waals surface area contributed by atoms with E-state index in [9.17, 15) is 0 Å². The van der Waals surface area contributed by atoms with Crippen LogP contribution < -0.4 is 5.32 Å². The van der Waals surface area contributed by atoms with E-state index in [1.807, 2.05) is 18.2 Å². The summed E-state index contributed by atoms with van der Waals surface area (Å²) in [6.45, 7) is 5.08. The zero-order chi connectivity index (χ0) is 13.7. The zero-order valence-corrected chi connectivity index (χ0v) is 12.9. The molecule has 0 fully saturated rings. The Kier molecular flexibility index (Phi) is 4.91. The van der Waals surface area contributed by atoms with Gasteiger partial charge in [-0.25, -0.2) is 9.97 Å². The van der Waals surface area contributed by atoms with Crippen LogP contribution in [0.4, 0.5) is 5.82 Å². The number of aromatic nitrogens is 2. The van der Waals surface area contributed by atoms with Crippen LogP contribution in [0, 0.1) is 0 Å². The lowest BCUT2D eigenvalue weighted by molar-refractivity contribution is 0.836. The highest BCUT2D eigenvalue weighted by Crippen LogP contribution is 2.22. The molecule has 0 amide bonds. The molecule has 1 aromatic carbocycles. The number of hydrogen-bond donors (Lipinski definition) is 1. The van der Waals surface area contributed by atoms with E-state index in [0.29, 0.717) is 0 Å². The molecule has 0 unspecified atom stereocenters. The minimum absolute atomic E-state index is 0.863. The molecule has 1 aromatic heterocycles. The number of nitrogens with zero attached hydrogens (tertiary/aromatic N) is 2. The van der Waals surface area contributed by atoms with Crippen molar-refractivity contribution in [2.75, 3.05) is 11.9 Å². The maximum Gasteiger partial charge on any atom is 0.131 e. The molecule has 0 atom stereocenters. The molecule has 4 heteroatoms. The van der Waals surface area contributed by atoms with Gasteiger partial charge in [0.15, 0.2) is 0 Å². The van der Waals surface area contributed by atoms with E-state index in [-0.39, 0.29) is 0 Å². The number of rotatable bonds is 5. The Labute approximate surface area is 122 Å². The second-order valence-electron chi connectivity index (χ2n) is 4.34. The van der Waals surface area contributed by atoms with Gasteiger partial charge in [-0.05, 0) is 25.5 Å². The van der Waals surface area contributed by atoms with Crippen LogP contribution in [0.25, 0.3) is 11.3 Å². The molecule has 3 nitrogen and oxygen atoms in total. The molecule has 0 saturated heterocycles. The minimum Gasteiger partial charge on any atom is -0.370 e. The highest BCUT2D eigenvalue weighted by Gasteiger charge is 2.06. The predicted molar refractivity (Wildman–Crippen MR) is 83.3 cm³/mol. The standard InChI is InChI=1S/C15H18BrN3/c1-3-5-14-18-13(10-15(19-14)17-4-2)11-6-8-12(16)9-7-11/h6-10H,3-5H2,1-2H3,(H,17,18,19). The van der Waals surface area contributed by atoms with Gasteiger partial charge >= 0.3 is 0 Å². The molecule has 0 radical (unpaired) electrons. The van der Waals surface area contributed by atoms with Gasteiger partial charge in [0.1, 0.15) is 11.6 Å². The summed E-state index contributed by atoms with van der Waals surface area (Å²) < 4.78 is 1.07. The van der Waals surface area contributed by atoms with Crippen molar-refractivity contribution in [2.24, 2.45) is 0 Å². The Bertz CT molecular complexity index is 513. The van der Waals surface area contributed by atoms with Crippen molar-refractivity contribution < 1.29 is 0 Å². The van der Waals surface area contributed by atoms with Crippen LogP contribution in [0.5, 0.6) is 0 Å². The Hall–Kier alpha value is -1.42. The van der Waals surface area contributed by atoms with Gasteiger partial charge in [0.05, 0.1) is 5.69 Å². The van der Waals surface area contributed by atoms with E-state index < -0.39 is 0 Å². The first-order chi connectivity index (χ1) is 9.22. The largest absolute Gasteiger partial charge is 0.370 e. The monoisotopic (exact) mass is 319 g/mol. The normalized spacial score (nSPS) is 10.5. The Morgan fingerprint density at radius 2 is 1.84 bits per heavy atom. The first-order valence-corrected chi connectivity index (χ1v) is 7.40. The van der Waals surface area contributed by atoms with Crippen molar-refractivity contribution in [2.45, 2.75) is 26.7 Å². The number of anilines is 1. The highest BCUT2D eigenvalue weighted by atomic mass is 79.9. The third-order valence-electron chi connectivity index (χ3n) is 2.74. The lowest BCUT2D eigenvalue weighted by Gasteiger charge is -2.08. The van der Waals surface area contributed by atoms with Gasteiger partial charge in [-0.15, -0.1) is 0 Å². The molecule has 100 valence electrons. The SMILES string of the molecule is CCCc1nc(NCC)cc(-c2ccc(Br)cc2)n1. The number of hydrogen-bond acceptors (Lipinski definition) is 3. The molecule has 1 N–H and O–H groups in total. The van der Waals surface area contributed by atoms with Crippen LogP contribution in [0.15, 0.2) is 34.8 Å². The fraction of sp³-hybridized carbons (Fsp3) is 0.333. The molecule has 0 spiro atoms. The van der Waals surface area contributed by atoms with E-state index in [0.717, 1.165) is 46.8 Å². The lowest BCUT2D eigenvalue weighted by Crippen LogP contribution is -2.04. The first kappa shape index (κ1) is 14.0. The first-order valence-electron chi connectivity index (χ1n) is 6.60. The molecule has 0 saturated carbocycles. The van der Waals surface area contributed by atoms with Crippen LogP contribution in [0.3, 0.4) is 0 Å². The summed E-state index contributed by atoms with van der Waals surface area (Å²) in [6, 6.07) is 10.2. The van der Waals surface area contributed by atoms with Crippen molar-refractivity contribution in [1.82, 2.24) is 9.97 Å². The second kappa shape index (κ2) is 6.66. The molecule has 0 aliphatic heterocycles. The minimum atomic E-state index is 0.863. The zero-order valence-electron chi connectivity index (χ0n) is 11.3. The van der Waals surface area contributed by atoms with Crippen molar-refractivity contribution in [3.05, 3.63) is 40.6 Å². The van der Waals surface area contributed by atoms with Crippen LogP contribution in [-0.2, 0) is 6.42 Å². The number of halogens is 1. The summed E-state index contributed by atoms with van der Waals surface area (Å²) in [7, 11) is 0. The van der Waals surface area contributed by atoms with E-state index >= 15 is 0 Å². The molecule has 0 bridgehead atoms. The summed E-state index contributed by atoms with van der Waals surface area (Å²) in [5, 5.41) is 3.27. The summed E-state index contributed by atoms with van der Waals surface area (Å²) in [6.07, 6.45) is 1.96. The molecule has 0 aliphatic rings. The van der Waals surface area contributed by atoms with Gasteiger partial charge in [-0.3, -0.25) is 0 Å². The maximum absolute atomic E-state index is 4.64. The van der Waals surface area contributed by atoms with Gasteiger partial charge in [-0.2, -0.15) is 0 Å². The Balaban J connectivity index is 2.40. The van der Waals surface area contributed by atoms with Gasteiger partial charge in [0, 0.05) is 29.1 Å². The van der Waals surface area contributed by atoms with E-state index in [1.165, 1.54) is 0 Å². The van der Waals surface area contributed by atoms with Crippen LogP contribution >= 0.6 is 15.9 Å². The van der Waals surface area contributed by atoms with E-state index in [1.54, 1.807) is 0 Å². The maximum atomic E-state index is 4.64. The van der Waals surface area contributed by atoms with Gasteiger partial charge in [0.2, 0.25) is 0 Å². The summed E-state index contributed by atoms with van der Waals surface area (Å²) in [5.41, 5.74) is 2.09. The summed E-state index contributed by atoms with van der Waals surface area (Å²) >= 11 is 3.45. The highest BCUT2D eigenvalue weighted by molar-refractivity contribution is 9.10. The Morgan fingerprint density at radius 3 is 2.47 bits per heavy atom. The molecule has 1 heterocycles. The summed E-state index contributed by atoms with van der Waals surface area (Å²) in [4.78, 5) is 9.16. The van der Waals surface area contributed by atoms with Gasteiger partial charge in [-0.1, -0.05) is 35.0 Å². The number of nitrogens with one attached hydrogen (secondary N) is 1. The summed E-state index contributed by atoms with van der Waals surface area (Å²) in [5.74, 6) is 1.80. The topological polar surface area (TPSA) is 37.8 Å². The molecule has 19 heavy (non-hydrogen) atoms. The molecular weight excluding hydrogens is 302 g/mol. The smallest absolute Gasteiger partial charge is 0.131 e. The fourth-order valence-electron chi connectivity index (χ4n) is 1.87. The van der Waals surface area contributed by atoms with Gasteiger partial charge < -0.3 is 5.32 Å². The Morgan fingerprint density at radius 1 is 1.11 bits per heavy atom. The molecule has 2 aromatic rings. The van der Waals surface area contributed by atoms with E-state index in [4.69, 9.17) is 0 Å². The second-order valence-corrected chi connectivity index (χ2v) is 5.26. The van der Waals surface area contributed by atoms with Crippen LogP contribution in [0.1, 0.15) is 26.1 Å². The van der Waals surface area contributed by atoms with Gasteiger partial charge in [0.25, 0.3) is 0 Å². The number of aryl methyl sites for hydroxylation is 1. The van der Waals surface area contributed by atoms with E-state index in [2.05, 4.69) is 57.2 Å². The predicted octanol–water partition coefficient (Wildman–Crippen LogP) is 4.29.